The number of methoxy groups -OCH3 is 2. The van der Waals surface area contributed by atoms with Crippen LogP contribution < -0.4 is 9.47 Å². The number of rotatable bonds is 5. The molecule has 0 radical (unpaired) electrons. The van der Waals surface area contributed by atoms with Gasteiger partial charge in [0.2, 0.25) is 0 Å². The Kier molecular flexibility index (Phi) is 4.22. The molecule has 27 heavy (non-hydrogen) atoms. The summed E-state index contributed by atoms with van der Waals surface area (Å²) in [7, 11) is 3.07. The molecule has 0 amide bonds. The van der Waals surface area contributed by atoms with Crippen LogP contribution in [0.3, 0.4) is 0 Å². The zero-order chi connectivity index (χ0) is 19.1. The van der Waals surface area contributed by atoms with Gasteiger partial charge in [0, 0.05) is 29.3 Å². The van der Waals surface area contributed by atoms with Crippen LogP contribution in [0.25, 0.3) is 10.9 Å². The number of aromatic nitrogens is 1. The Bertz CT molecular complexity index is 1080. The topological polar surface area (TPSA) is 57.5 Å². The molecule has 0 N–H and O–H groups in total. The summed E-state index contributed by atoms with van der Waals surface area (Å²) < 4.78 is 13.4. The molecule has 1 aromatic heterocycles. The summed E-state index contributed by atoms with van der Waals surface area (Å²) in [5.41, 5.74) is 2.18. The summed E-state index contributed by atoms with van der Waals surface area (Å²) in [5, 5.41) is 0.782. The highest BCUT2D eigenvalue weighted by Gasteiger charge is 2.37. The highest BCUT2D eigenvalue weighted by molar-refractivity contribution is 6.32. The van der Waals surface area contributed by atoms with Gasteiger partial charge in [-0.3, -0.25) is 9.59 Å². The number of unbranched alkanes of at least 4 members (excludes halogenated alkanes) is 1. The smallest absolute Gasteiger partial charge is 0.198 e. The van der Waals surface area contributed by atoms with Gasteiger partial charge in [-0.15, -0.1) is 0 Å². The van der Waals surface area contributed by atoms with Crippen molar-refractivity contribution in [3.05, 3.63) is 58.8 Å². The van der Waals surface area contributed by atoms with Crippen molar-refractivity contribution in [2.24, 2.45) is 0 Å². The molecule has 5 heteroatoms. The molecule has 0 saturated heterocycles. The predicted molar refractivity (Wildman–Crippen MR) is 103 cm³/mol. The van der Waals surface area contributed by atoms with E-state index in [1.807, 2.05) is 12.3 Å². The second-order valence-corrected chi connectivity index (χ2v) is 6.65. The zero-order valence-corrected chi connectivity index (χ0v) is 15.7. The van der Waals surface area contributed by atoms with Crippen LogP contribution in [-0.4, -0.2) is 30.4 Å². The minimum Gasteiger partial charge on any atom is -0.495 e. The number of hydrogen-bond acceptors (Lipinski definition) is 4. The molecule has 5 nitrogen and oxygen atoms in total. The first kappa shape index (κ1) is 17.3. The average molecular weight is 363 g/mol. The van der Waals surface area contributed by atoms with Crippen LogP contribution in [0.2, 0.25) is 0 Å². The van der Waals surface area contributed by atoms with Crippen LogP contribution in [-0.2, 0) is 6.54 Å². The van der Waals surface area contributed by atoms with Crippen molar-refractivity contribution in [1.82, 2.24) is 4.57 Å². The summed E-state index contributed by atoms with van der Waals surface area (Å²) in [5.74, 6) is 0.456. The first-order valence-electron chi connectivity index (χ1n) is 9.09. The monoisotopic (exact) mass is 363 g/mol. The summed E-state index contributed by atoms with van der Waals surface area (Å²) in [4.78, 5) is 26.5. The van der Waals surface area contributed by atoms with Crippen molar-refractivity contribution in [3.8, 4) is 11.5 Å². The Hall–Kier alpha value is -3.08. The van der Waals surface area contributed by atoms with E-state index in [4.69, 9.17) is 9.47 Å². The van der Waals surface area contributed by atoms with Crippen LogP contribution in [0.4, 0.5) is 0 Å². The maximum atomic E-state index is 13.3. The van der Waals surface area contributed by atoms with Gasteiger partial charge in [-0.2, -0.15) is 0 Å². The molecule has 3 aromatic rings. The quantitative estimate of drug-likeness (QED) is 0.532. The lowest BCUT2D eigenvalue weighted by molar-refractivity contribution is 0.0974. The zero-order valence-electron chi connectivity index (χ0n) is 15.7. The van der Waals surface area contributed by atoms with Crippen molar-refractivity contribution in [2.45, 2.75) is 26.3 Å². The molecule has 2 aromatic carbocycles. The van der Waals surface area contributed by atoms with Crippen molar-refractivity contribution < 1.29 is 19.1 Å². The summed E-state index contributed by atoms with van der Waals surface area (Å²) in [6.07, 6.45) is 4.01. The maximum absolute atomic E-state index is 13.3. The second-order valence-electron chi connectivity index (χ2n) is 6.65. The third-order valence-corrected chi connectivity index (χ3v) is 5.16. The van der Waals surface area contributed by atoms with E-state index in [1.54, 1.807) is 24.3 Å². The minimum atomic E-state index is -0.210. The Labute approximate surface area is 157 Å². The van der Waals surface area contributed by atoms with Gasteiger partial charge in [0.1, 0.15) is 5.75 Å². The van der Waals surface area contributed by atoms with Crippen molar-refractivity contribution in [1.29, 1.82) is 0 Å². The van der Waals surface area contributed by atoms with E-state index in [9.17, 15) is 9.59 Å². The van der Waals surface area contributed by atoms with Crippen molar-refractivity contribution in [2.75, 3.05) is 14.2 Å². The van der Waals surface area contributed by atoms with Gasteiger partial charge in [0.15, 0.2) is 17.3 Å². The molecule has 0 spiro atoms. The lowest BCUT2D eigenvalue weighted by Crippen LogP contribution is -2.23. The molecule has 0 bridgehead atoms. The Morgan fingerprint density at radius 3 is 2.04 bits per heavy atom. The van der Waals surface area contributed by atoms with E-state index < -0.39 is 0 Å². The lowest BCUT2D eigenvalue weighted by Gasteiger charge is -2.23. The molecule has 0 saturated carbocycles. The highest BCUT2D eigenvalue weighted by atomic mass is 16.5. The summed E-state index contributed by atoms with van der Waals surface area (Å²) in [6.45, 7) is 2.93. The van der Waals surface area contributed by atoms with E-state index in [-0.39, 0.29) is 11.6 Å². The third kappa shape index (κ3) is 2.38. The molecule has 138 valence electrons. The van der Waals surface area contributed by atoms with Gasteiger partial charge in [-0.25, -0.2) is 0 Å². The van der Waals surface area contributed by atoms with Crippen molar-refractivity contribution in [3.63, 3.8) is 0 Å². The summed E-state index contributed by atoms with van der Waals surface area (Å²) >= 11 is 0. The third-order valence-electron chi connectivity index (χ3n) is 5.16. The van der Waals surface area contributed by atoms with Gasteiger partial charge in [0.25, 0.3) is 0 Å². The number of ketones is 2. The van der Waals surface area contributed by atoms with Crippen LogP contribution >= 0.6 is 0 Å². The molecule has 1 aliphatic rings. The highest BCUT2D eigenvalue weighted by Crippen LogP contribution is 2.45. The molecule has 1 aliphatic carbocycles. The number of ether oxygens (including phenoxy) is 2. The first-order valence-corrected chi connectivity index (χ1v) is 9.09. The molecule has 0 aliphatic heterocycles. The molecular weight excluding hydrogens is 342 g/mol. The van der Waals surface area contributed by atoms with E-state index in [0.717, 1.165) is 30.3 Å². The van der Waals surface area contributed by atoms with Gasteiger partial charge < -0.3 is 14.0 Å². The molecular formula is C22H21NO4. The van der Waals surface area contributed by atoms with Gasteiger partial charge in [0.05, 0.1) is 30.9 Å². The first-order chi connectivity index (χ1) is 13.1. The fourth-order valence-corrected chi connectivity index (χ4v) is 3.90. The molecule has 0 fully saturated rings. The molecule has 4 rings (SSSR count). The van der Waals surface area contributed by atoms with Crippen LogP contribution in [0.15, 0.2) is 36.5 Å². The number of fused-ring (bicyclic) bond motifs is 3. The van der Waals surface area contributed by atoms with E-state index in [1.165, 1.54) is 14.2 Å². The van der Waals surface area contributed by atoms with Gasteiger partial charge >= 0.3 is 0 Å². The van der Waals surface area contributed by atoms with Crippen molar-refractivity contribution >= 4 is 22.5 Å². The minimum absolute atomic E-state index is 0.208. The van der Waals surface area contributed by atoms with Gasteiger partial charge in [-0.1, -0.05) is 37.6 Å². The number of benzene rings is 2. The molecule has 1 heterocycles. The number of carbonyl (C=O) groups excluding carboxylic acids is 2. The largest absolute Gasteiger partial charge is 0.495 e. The number of nitrogens with zero attached hydrogens (tertiary/aromatic N) is 1. The number of hydrogen-bond donors (Lipinski definition) is 0. The van der Waals surface area contributed by atoms with E-state index >= 15 is 0 Å². The Balaban J connectivity index is 2.10. The molecule has 0 unspecified atom stereocenters. The van der Waals surface area contributed by atoms with Crippen LogP contribution in [0.5, 0.6) is 11.5 Å². The van der Waals surface area contributed by atoms with Crippen LogP contribution in [0.1, 0.15) is 51.6 Å². The van der Waals surface area contributed by atoms with E-state index in [0.29, 0.717) is 33.8 Å². The fourth-order valence-electron chi connectivity index (χ4n) is 3.90. The summed E-state index contributed by atoms with van der Waals surface area (Å²) in [6, 6.07) is 8.82. The second kappa shape index (κ2) is 6.58. The standard InChI is InChI=1S/C22H21NO4/c1-4-5-11-23-12-10-15-18(23)22(27-3)17-16(21(15)26-2)19(24)13-8-6-7-9-14(13)20(17)25/h6-10,12H,4-5,11H2,1-3H3. The Morgan fingerprint density at radius 1 is 0.889 bits per heavy atom. The van der Waals surface area contributed by atoms with E-state index in [2.05, 4.69) is 11.5 Å². The SMILES string of the molecule is CCCCn1ccc2c(OC)c3c(c(OC)c21)C(=O)c1ccccc1C3=O. The fraction of sp³-hybridized carbons (Fsp3) is 0.273. The normalized spacial score (nSPS) is 12.9. The number of aryl methyl sites for hydroxylation is 1. The Morgan fingerprint density at radius 2 is 1.48 bits per heavy atom. The average Bonchev–Trinajstić information content (AvgIpc) is 3.12. The predicted octanol–water partition coefficient (Wildman–Crippen LogP) is 4.23. The number of carbonyl (C=O) groups is 2. The lowest BCUT2D eigenvalue weighted by atomic mass is 9.82. The molecule has 0 atom stereocenters. The van der Waals surface area contributed by atoms with Crippen LogP contribution in [0, 0.1) is 0 Å². The van der Waals surface area contributed by atoms with Gasteiger partial charge in [-0.05, 0) is 12.5 Å². The maximum Gasteiger partial charge on any atom is 0.198 e.